The molecule has 2 aromatic rings. The van der Waals surface area contributed by atoms with Crippen LogP contribution in [0.2, 0.25) is 0 Å². The van der Waals surface area contributed by atoms with Gasteiger partial charge in [-0.3, -0.25) is 0 Å². The summed E-state index contributed by atoms with van der Waals surface area (Å²) in [4.78, 5) is 0. The van der Waals surface area contributed by atoms with Gasteiger partial charge in [0, 0.05) is 12.5 Å². The lowest BCUT2D eigenvalue weighted by Gasteiger charge is -2.06. The Bertz CT molecular complexity index is 402. The first-order valence-electron chi connectivity index (χ1n) is 8.60. The number of ether oxygens (including phenoxy) is 2. The first kappa shape index (κ1) is 23.5. The highest BCUT2D eigenvalue weighted by Gasteiger charge is 1.96. The maximum atomic E-state index is 5.48. The second kappa shape index (κ2) is 20.2. The molecule has 0 saturated carbocycles. The maximum absolute atomic E-state index is 5.48. The molecule has 0 saturated heterocycles. The summed E-state index contributed by atoms with van der Waals surface area (Å²) in [6.45, 7) is 13.8. The van der Waals surface area contributed by atoms with Crippen molar-refractivity contribution in [3.63, 3.8) is 0 Å². The molecule has 1 aromatic heterocycles. The van der Waals surface area contributed by atoms with Crippen LogP contribution in [0.15, 0.2) is 47.2 Å². The Morgan fingerprint density at radius 3 is 2.04 bits per heavy atom. The monoisotopic (exact) mass is 323 g/mol. The molecule has 0 aliphatic heterocycles. The summed E-state index contributed by atoms with van der Waals surface area (Å²) in [5.41, 5.74) is 0.911. The second-order valence-corrected chi connectivity index (χ2v) is 3.51. The lowest BCUT2D eigenvalue weighted by molar-refractivity contribution is 0.102. The van der Waals surface area contributed by atoms with E-state index in [4.69, 9.17) is 14.0 Å². The predicted molar refractivity (Wildman–Crippen MR) is 97.0 cm³/mol. The number of nitrogens with zero attached hydrogens (tertiary/aromatic N) is 1. The molecule has 0 aliphatic carbocycles. The van der Waals surface area contributed by atoms with Crippen LogP contribution in [0.25, 0.3) is 0 Å². The van der Waals surface area contributed by atoms with Gasteiger partial charge in [-0.2, -0.15) is 0 Å². The van der Waals surface area contributed by atoms with Gasteiger partial charge in [0.2, 0.25) is 0 Å². The molecule has 23 heavy (non-hydrogen) atoms. The van der Waals surface area contributed by atoms with Crippen molar-refractivity contribution in [1.29, 1.82) is 0 Å². The zero-order chi connectivity index (χ0) is 17.8. The van der Waals surface area contributed by atoms with Crippen molar-refractivity contribution in [1.82, 2.24) is 5.16 Å². The summed E-state index contributed by atoms with van der Waals surface area (Å²) >= 11 is 0. The van der Waals surface area contributed by atoms with Crippen molar-refractivity contribution >= 4 is 0 Å². The molecule has 4 heteroatoms. The van der Waals surface area contributed by atoms with Crippen molar-refractivity contribution in [3.8, 4) is 5.75 Å². The predicted octanol–water partition coefficient (Wildman–Crippen LogP) is 5.39. The lowest BCUT2D eigenvalue weighted by atomic mass is 10.3. The highest BCUT2D eigenvalue weighted by Crippen LogP contribution is 2.07. The van der Waals surface area contributed by atoms with Crippen molar-refractivity contribution in [3.05, 3.63) is 48.4 Å². The summed E-state index contributed by atoms with van der Waals surface area (Å²) in [5, 5.41) is 3.80. The van der Waals surface area contributed by atoms with Gasteiger partial charge in [-0.25, -0.2) is 0 Å². The largest absolute Gasteiger partial charge is 0.491 e. The molecule has 0 aliphatic rings. The quantitative estimate of drug-likeness (QED) is 0.641. The molecule has 1 aromatic carbocycles. The van der Waals surface area contributed by atoms with Crippen molar-refractivity contribution in [2.75, 3.05) is 19.8 Å². The van der Waals surface area contributed by atoms with E-state index in [1.54, 1.807) is 6.26 Å². The maximum Gasteiger partial charge on any atom is 0.124 e. The smallest absolute Gasteiger partial charge is 0.124 e. The number of aromatic nitrogens is 1. The highest BCUT2D eigenvalue weighted by molar-refractivity contribution is 5.20. The van der Waals surface area contributed by atoms with Crippen molar-refractivity contribution < 1.29 is 14.0 Å². The van der Waals surface area contributed by atoms with Crippen molar-refractivity contribution in [2.45, 2.75) is 48.0 Å². The van der Waals surface area contributed by atoms with Gasteiger partial charge in [0.05, 0.1) is 18.9 Å². The summed E-state index contributed by atoms with van der Waals surface area (Å²) < 4.78 is 15.6. The lowest BCUT2D eigenvalue weighted by Crippen LogP contribution is -2.08. The van der Waals surface area contributed by atoms with Gasteiger partial charge in [0.25, 0.3) is 0 Å². The minimum absolute atomic E-state index is 0.558. The van der Waals surface area contributed by atoms with Gasteiger partial charge in [-0.1, -0.05) is 64.9 Å². The van der Waals surface area contributed by atoms with Crippen LogP contribution >= 0.6 is 0 Å². The summed E-state index contributed by atoms with van der Waals surface area (Å²) in [6, 6.07) is 11.5. The van der Waals surface area contributed by atoms with E-state index >= 15 is 0 Å². The molecule has 2 rings (SSSR count). The van der Waals surface area contributed by atoms with Gasteiger partial charge in [0.15, 0.2) is 0 Å². The molecule has 1 heterocycles. The Morgan fingerprint density at radius 2 is 1.48 bits per heavy atom. The average Bonchev–Trinajstić information content (AvgIpc) is 3.17. The number of para-hydroxylation sites is 1. The van der Waals surface area contributed by atoms with E-state index in [0.717, 1.165) is 17.9 Å². The molecule has 0 spiro atoms. The van der Waals surface area contributed by atoms with Crippen LogP contribution in [-0.2, 0) is 11.2 Å². The average molecular weight is 323 g/mol. The van der Waals surface area contributed by atoms with E-state index in [-0.39, 0.29) is 0 Å². The Morgan fingerprint density at radius 1 is 0.826 bits per heavy atom. The van der Waals surface area contributed by atoms with E-state index in [0.29, 0.717) is 19.8 Å². The fraction of sp³-hybridized carbons (Fsp3) is 0.526. The van der Waals surface area contributed by atoms with Crippen LogP contribution in [0.4, 0.5) is 0 Å². The van der Waals surface area contributed by atoms with Gasteiger partial charge in [0.1, 0.15) is 18.6 Å². The van der Waals surface area contributed by atoms with Crippen LogP contribution in [0.5, 0.6) is 5.75 Å². The van der Waals surface area contributed by atoms with Crippen LogP contribution < -0.4 is 4.74 Å². The Balaban J connectivity index is 0. The molecular weight excluding hydrogens is 290 g/mol. The van der Waals surface area contributed by atoms with Crippen LogP contribution in [-0.4, -0.2) is 25.0 Å². The second-order valence-electron chi connectivity index (χ2n) is 3.51. The molecule has 0 unspecified atom stereocenters. The highest BCUT2D eigenvalue weighted by atomic mass is 16.5. The molecule has 0 amide bonds. The zero-order valence-electron chi connectivity index (χ0n) is 15.5. The number of hydrogen-bond donors (Lipinski definition) is 0. The molecule has 0 bridgehead atoms. The fourth-order valence-corrected chi connectivity index (χ4v) is 1.38. The summed E-state index contributed by atoms with van der Waals surface area (Å²) in [5.74, 6) is 0.868. The first-order valence-corrected chi connectivity index (χ1v) is 8.60. The standard InChI is InChI=1S/C13H15NO3.3C2H6/c1-2-4-13(5-3-1)16-11-10-15-8-6-12-7-9-17-14-12;3*1-2/h1-5,7,9H,6,8,10-11H2;3*1-2H3. The SMILES string of the molecule is CC.CC.CC.c1ccc(OCCOCCc2ccon2)cc1. The third kappa shape index (κ3) is 13.6. The minimum Gasteiger partial charge on any atom is -0.491 e. The number of rotatable bonds is 7. The third-order valence-corrected chi connectivity index (χ3v) is 2.23. The molecule has 0 atom stereocenters. The van der Waals surface area contributed by atoms with E-state index < -0.39 is 0 Å². The third-order valence-electron chi connectivity index (χ3n) is 2.23. The topological polar surface area (TPSA) is 44.5 Å². The van der Waals surface area contributed by atoms with Crippen molar-refractivity contribution in [2.24, 2.45) is 0 Å². The Hall–Kier alpha value is -1.81. The normalized spacial score (nSPS) is 8.43. The molecule has 132 valence electrons. The van der Waals surface area contributed by atoms with Gasteiger partial charge in [-0.15, -0.1) is 0 Å². The van der Waals surface area contributed by atoms with E-state index in [1.807, 2.05) is 77.9 Å². The first-order chi connectivity index (χ1) is 11.4. The van der Waals surface area contributed by atoms with E-state index in [2.05, 4.69) is 5.16 Å². The molecular formula is C19H33NO3. The molecule has 0 N–H and O–H groups in total. The molecule has 0 fully saturated rings. The number of benzene rings is 1. The minimum atomic E-state index is 0.558. The summed E-state index contributed by atoms with van der Waals surface area (Å²) in [6.07, 6.45) is 2.33. The van der Waals surface area contributed by atoms with Gasteiger partial charge < -0.3 is 14.0 Å². The Kier molecular flexibility index (Phi) is 20.6. The fourth-order valence-electron chi connectivity index (χ4n) is 1.38. The van der Waals surface area contributed by atoms with Gasteiger partial charge >= 0.3 is 0 Å². The number of hydrogen-bond acceptors (Lipinski definition) is 4. The summed E-state index contributed by atoms with van der Waals surface area (Å²) in [7, 11) is 0. The van der Waals surface area contributed by atoms with Crippen LogP contribution in [0, 0.1) is 0 Å². The van der Waals surface area contributed by atoms with Gasteiger partial charge in [-0.05, 0) is 12.1 Å². The van der Waals surface area contributed by atoms with Crippen LogP contribution in [0.1, 0.15) is 47.2 Å². The van der Waals surface area contributed by atoms with Crippen LogP contribution in [0.3, 0.4) is 0 Å². The Labute approximate surface area is 141 Å². The zero-order valence-corrected chi connectivity index (χ0v) is 15.5. The van der Waals surface area contributed by atoms with E-state index in [1.165, 1.54) is 0 Å². The van der Waals surface area contributed by atoms with E-state index in [9.17, 15) is 0 Å². The molecule has 0 radical (unpaired) electrons. The molecule has 4 nitrogen and oxygen atoms in total.